The van der Waals surface area contributed by atoms with Crippen LogP contribution in [-0.2, 0) is 0 Å². The number of fused-ring (bicyclic) bond motifs is 1. The molecule has 0 saturated heterocycles. The zero-order valence-electron chi connectivity index (χ0n) is 11.7. The van der Waals surface area contributed by atoms with Crippen molar-refractivity contribution in [2.24, 2.45) is 0 Å². The van der Waals surface area contributed by atoms with Gasteiger partial charge in [0.2, 0.25) is 0 Å². The number of carbonyl (C=O) groups excluding carboxylic acids is 1. The summed E-state index contributed by atoms with van der Waals surface area (Å²) in [5.41, 5.74) is 0.352. The molecule has 0 aliphatic carbocycles. The Bertz CT molecular complexity index is 634. The molecular weight excluding hydrogens is 250 g/mol. The maximum Gasteiger partial charge on any atom is 0.257 e. The van der Waals surface area contributed by atoms with Gasteiger partial charge in [-0.25, -0.2) is 0 Å². The van der Waals surface area contributed by atoms with Gasteiger partial charge in [-0.05, 0) is 24.3 Å². The van der Waals surface area contributed by atoms with Gasteiger partial charge >= 0.3 is 0 Å². The van der Waals surface area contributed by atoms with Gasteiger partial charge in [0.1, 0.15) is 5.75 Å². The van der Waals surface area contributed by atoms with Gasteiger partial charge in [0.15, 0.2) is 0 Å². The van der Waals surface area contributed by atoms with Crippen molar-refractivity contribution >= 4 is 16.7 Å². The molecule has 0 aliphatic heterocycles. The summed E-state index contributed by atoms with van der Waals surface area (Å²) in [5.74, 6) is -0.0963. The van der Waals surface area contributed by atoms with Crippen LogP contribution in [0.3, 0.4) is 0 Å². The maximum absolute atomic E-state index is 12.3. The predicted octanol–water partition coefficient (Wildman–Crippen LogP) is 3.58. The molecule has 2 aromatic rings. The number of phenols is 1. The topological polar surface area (TPSA) is 40.5 Å². The lowest BCUT2D eigenvalue weighted by molar-refractivity contribution is 0.0791. The van der Waals surface area contributed by atoms with E-state index in [0.717, 1.165) is 18.2 Å². The molecule has 1 amide bonds. The third kappa shape index (κ3) is 2.82. The standard InChI is InChI=1S/C17H19NO2/c1-3-4-7-12-18(2)17(20)15-11-10-13-8-5-6-9-14(13)16(15)19/h3,5-6,8-11,19H,1,4,7,12H2,2H3. The fraction of sp³-hybridized carbons (Fsp3) is 0.235. The Labute approximate surface area is 119 Å². The number of allylic oxidation sites excluding steroid dienone is 1. The lowest BCUT2D eigenvalue weighted by Gasteiger charge is -2.18. The van der Waals surface area contributed by atoms with Crippen molar-refractivity contribution in [3.8, 4) is 5.75 Å². The second-order valence-corrected chi connectivity index (χ2v) is 4.84. The molecule has 0 spiro atoms. The van der Waals surface area contributed by atoms with Crippen LogP contribution >= 0.6 is 0 Å². The second-order valence-electron chi connectivity index (χ2n) is 4.84. The maximum atomic E-state index is 12.3. The molecule has 3 nitrogen and oxygen atoms in total. The van der Waals surface area contributed by atoms with Crippen LogP contribution in [0.5, 0.6) is 5.75 Å². The number of carbonyl (C=O) groups is 1. The molecule has 2 rings (SSSR count). The van der Waals surface area contributed by atoms with Crippen LogP contribution in [0.15, 0.2) is 49.1 Å². The smallest absolute Gasteiger partial charge is 0.257 e. The van der Waals surface area contributed by atoms with E-state index >= 15 is 0 Å². The van der Waals surface area contributed by atoms with E-state index in [2.05, 4.69) is 6.58 Å². The van der Waals surface area contributed by atoms with Crippen molar-refractivity contribution in [2.45, 2.75) is 12.8 Å². The van der Waals surface area contributed by atoms with Crippen molar-refractivity contribution in [2.75, 3.05) is 13.6 Å². The first-order valence-electron chi connectivity index (χ1n) is 6.72. The Balaban J connectivity index is 2.26. The van der Waals surface area contributed by atoms with Gasteiger partial charge in [-0.15, -0.1) is 6.58 Å². The van der Waals surface area contributed by atoms with Crippen molar-refractivity contribution < 1.29 is 9.90 Å². The summed E-state index contributed by atoms with van der Waals surface area (Å²) in [6.07, 6.45) is 3.59. The first-order chi connectivity index (χ1) is 9.65. The molecule has 0 saturated carbocycles. The summed E-state index contributed by atoms with van der Waals surface area (Å²) < 4.78 is 0. The highest BCUT2D eigenvalue weighted by atomic mass is 16.3. The molecule has 0 heterocycles. The molecular formula is C17H19NO2. The Kier molecular flexibility index (Phi) is 4.41. The van der Waals surface area contributed by atoms with Gasteiger partial charge in [-0.2, -0.15) is 0 Å². The van der Waals surface area contributed by atoms with Crippen LogP contribution in [-0.4, -0.2) is 29.5 Å². The van der Waals surface area contributed by atoms with E-state index in [-0.39, 0.29) is 11.7 Å². The van der Waals surface area contributed by atoms with Crippen LogP contribution in [0.1, 0.15) is 23.2 Å². The number of aromatic hydroxyl groups is 1. The SMILES string of the molecule is C=CCCCN(C)C(=O)c1ccc2ccccc2c1O. The first kappa shape index (κ1) is 14.1. The summed E-state index contributed by atoms with van der Waals surface area (Å²) >= 11 is 0. The summed E-state index contributed by atoms with van der Waals surface area (Å²) in [5, 5.41) is 11.9. The molecule has 104 valence electrons. The highest BCUT2D eigenvalue weighted by molar-refractivity contribution is 6.03. The highest BCUT2D eigenvalue weighted by Gasteiger charge is 2.17. The Morgan fingerprint density at radius 1 is 1.30 bits per heavy atom. The first-order valence-corrected chi connectivity index (χ1v) is 6.72. The average molecular weight is 269 g/mol. The van der Waals surface area contributed by atoms with Gasteiger partial charge in [-0.1, -0.05) is 36.4 Å². The summed E-state index contributed by atoms with van der Waals surface area (Å²) in [7, 11) is 1.75. The fourth-order valence-corrected chi connectivity index (χ4v) is 2.21. The molecule has 0 atom stereocenters. The van der Waals surface area contributed by atoms with Crippen LogP contribution in [0.2, 0.25) is 0 Å². The Hall–Kier alpha value is -2.29. The van der Waals surface area contributed by atoms with Crippen molar-refractivity contribution in [1.82, 2.24) is 4.90 Å². The fourth-order valence-electron chi connectivity index (χ4n) is 2.21. The number of hydrogen-bond donors (Lipinski definition) is 1. The molecule has 0 aliphatic rings. The number of benzene rings is 2. The Morgan fingerprint density at radius 2 is 2.05 bits per heavy atom. The largest absolute Gasteiger partial charge is 0.506 e. The van der Waals surface area contributed by atoms with Crippen molar-refractivity contribution in [1.29, 1.82) is 0 Å². The normalized spacial score (nSPS) is 10.4. The van der Waals surface area contributed by atoms with Crippen molar-refractivity contribution in [3.63, 3.8) is 0 Å². The lowest BCUT2D eigenvalue weighted by Crippen LogP contribution is -2.27. The number of nitrogens with zero attached hydrogens (tertiary/aromatic N) is 1. The van der Waals surface area contributed by atoms with Gasteiger partial charge in [0.25, 0.3) is 5.91 Å². The predicted molar refractivity (Wildman–Crippen MR) is 82.0 cm³/mol. The molecule has 1 N–H and O–H groups in total. The number of unbranched alkanes of at least 4 members (excludes halogenated alkanes) is 1. The minimum Gasteiger partial charge on any atom is -0.506 e. The van der Waals surface area contributed by atoms with Crippen molar-refractivity contribution in [3.05, 3.63) is 54.6 Å². The van der Waals surface area contributed by atoms with Crippen LogP contribution < -0.4 is 0 Å². The van der Waals surface area contributed by atoms with E-state index in [4.69, 9.17) is 0 Å². The third-order valence-corrected chi connectivity index (χ3v) is 3.38. The van der Waals surface area contributed by atoms with E-state index in [0.29, 0.717) is 17.5 Å². The average Bonchev–Trinajstić information content (AvgIpc) is 2.47. The lowest BCUT2D eigenvalue weighted by atomic mass is 10.0. The highest BCUT2D eigenvalue weighted by Crippen LogP contribution is 2.29. The summed E-state index contributed by atoms with van der Waals surface area (Å²) in [6.45, 7) is 4.32. The number of rotatable bonds is 5. The van der Waals surface area contributed by atoms with E-state index in [1.165, 1.54) is 0 Å². The molecule has 20 heavy (non-hydrogen) atoms. The molecule has 0 fully saturated rings. The number of phenolic OH excluding ortho intramolecular Hbond substituents is 1. The molecule has 2 aromatic carbocycles. The Morgan fingerprint density at radius 3 is 2.80 bits per heavy atom. The van der Waals surface area contributed by atoms with Gasteiger partial charge < -0.3 is 10.0 Å². The van der Waals surface area contributed by atoms with Crippen LogP contribution in [0, 0.1) is 0 Å². The number of hydrogen-bond acceptors (Lipinski definition) is 2. The van der Waals surface area contributed by atoms with Gasteiger partial charge in [0, 0.05) is 19.0 Å². The van der Waals surface area contributed by atoms with E-state index in [9.17, 15) is 9.90 Å². The molecule has 0 unspecified atom stereocenters. The second kappa shape index (κ2) is 6.24. The molecule has 0 aromatic heterocycles. The minimum atomic E-state index is -0.155. The quantitative estimate of drug-likeness (QED) is 0.665. The van der Waals surface area contributed by atoms with Crippen LogP contribution in [0.4, 0.5) is 0 Å². The summed E-state index contributed by atoms with van der Waals surface area (Å²) in [4.78, 5) is 14.0. The zero-order chi connectivity index (χ0) is 14.5. The van der Waals surface area contributed by atoms with E-state index < -0.39 is 0 Å². The molecule has 3 heteroatoms. The summed E-state index contributed by atoms with van der Waals surface area (Å²) in [6, 6.07) is 11.0. The minimum absolute atomic E-state index is 0.0590. The third-order valence-electron chi connectivity index (χ3n) is 3.38. The van der Waals surface area contributed by atoms with Gasteiger partial charge in [0.05, 0.1) is 5.56 Å². The van der Waals surface area contributed by atoms with Gasteiger partial charge in [-0.3, -0.25) is 4.79 Å². The number of amides is 1. The molecule has 0 bridgehead atoms. The van der Waals surface area contributed by atoms with Crippen LogP contribution in [0.25, 0.3) is 10.8 Å². The van der Waals surface area contributed by atoms with E-state index in [1.54, 1.807) is 18.0 Å². The monoisotopic (exact) mass is 269 g/mol. The van der Waals surface area contributed by atoms with E-state index in [1.807, 2.05) is 36.4 Å². The zero-order valence-corrected chi connectivity index (χ0v) is 11.7. The molecule has 0 radical (unpaired) electrons.